The third-order valence-electron chi connectivity index (χ3n) is 7.15. The number of amides is 2. The highest BCUT2D eigenvalue weighted by Crippen LogP contribution is 2.33. The zero-order valence-electron chi connectivity index (χ0n) is 22.0. The Morgan fingerprint density at radius 3 is 2.50 bits per heavy atom. The van der Waals surface area contributed by atoms with E-state index in [1.165, 1.54) is 5.56 Å². The Hall–Kier alpha value is -3.98. The van der Waals surface area contributed by atoms with Gasteiger partial charge in [-0.15, -0.1) is 0 Å². The highest BCUT2D eigenvalue weighted by molar-refractivity contribution is 5.94. The fraction of sp³-hybridized carbons (Fsp3) is 0.379. The molecular formula is C29H33N3O6. The zero-order valence-corrected chi connectivity index (χ0v) is 22.0. The van der Waals surface area contributed by atoms with Crippen molar-refractivity contribution in [2.24, 2.45) is 0 Å². The number of carbonyl (C=O) groups is 2. The van der Waals surface area contributed by atoms with Gasteiger partial charge in [0.25, 0.3) is 5.91 Å². The molecule has 1 aromatic heterocycles. The Kier molecular flexibility index (Phi) is 7.55. The van der Waals surface area contributed by atoms with Gasteiger partial charge in [-0.2, -0.15) is 0 Å². The minimum Gasteiger partial charge on any atom is -0.497 e. The van der Waals surface area contributed by atoms with Gasteiger partial charge >= 0.3 is 0 Å². The summed E-state index contributed by atoms with van der Waals surface area (Å²) in [5.74, 6) is 2.44. The Labute approximate surface area is 221 Å². The van der Waals surface area contributed by atoms with Gasteiger partial charge in [-0.3, -0.25) is 19.8 Å². The standard InChI is InChI=1S/C29H33N3O6/c1-35-23-6-7-24-21(13-23)16-28(38-24)30-27(33)9-11-31-10-4-5-20(17-31)29(34)32-12-8-19-14-25(36-2)26(37-3)15-22(19)18-32/h5-7,13-16H,4,8-12,17-18H2,1-3H3,(H,30,33). The molecule has 200 valence electrons. The molecule has 0 unspecified atom stereocenters. The lowest BCUT2D eigenvalue weighted by Gasteiger charge is -2.33. The van der Waals surface area contributed by atoms with Crippen molar-refractivity contribution in [1.82, 2.24) is 9.80 Å². The molecule has 0 atom stereocenters. The third-order valence-corrected chi connectivity index (χ3v) is 7.15. The fourth-order valence-electron chi connectivity index (χ4n) is 5.08. The summed E-state index contributed by atoms with van der Waals surface area (Å²) >= 11 is 0. The lowest BCUT2D eigenvalue weighted by Crippen LogP contribution is -2.41. The Morgan fingerprint density at radius 2 is 1.74 bits per heavy atom. The number of nitrogens with one attached hydrogen (secondary N) is 1. The maximum Gasteiger partial charge on any atom is 0.251 e. The first-order chi connectivity index (χ1) is 18.5. The van der Waals surface area contributed by atoms with Crippen molar-refractivity contribution in [3.05, 3.63) is 59.2 Å². The number of anilines is 1. The van der Waals surface area contributed by atoms with E-state index in [1.54, 1.807) is 27.4 Å². The summed E-state index contributed by atoms with van der Waals surface area (Å²) in [7, 11) is 4.86. The second-order valence-electron chi connectivity index (χ2n) is 9.56. The Balaban J connectivity index is 1.15. The molecule has 5 rings (SSSR count). The van der Waals surface area contributed by atoms with Crippen LogP contribution in [0.5, 0.6) is 17.2 Å². The normalized spacial score (nSPS) is 15.6. The summed E-state index contributed by atoms with van der Waals surface area (Å²) in [4.78, 5) is 30.0. The average Bonchev–Trinajstić information content (AvgIpc) is 3.35. The Bertz CT molecular complexity index is 1380. The topological polar surface area (TPSA) is 93.5 Å². The summed E-state index contributed by atoms with van der Waals surface area (Å²) in [6.45, 7) is 3.10. The van der Waals surface area contributed by atoms with Crippen LogP contribution < -0.4 is 19.5 Å². The van der Waals surface area contributed by atoms with Gasteiger partial charge < -0.3 is 23.5 Å². The lowest BCUT2D eigenvalue weighted by molar-refractivity contribution is -0.128. The zero-order chi connectivity index (χ0) is 26.6. The molecule has 0 saturated carbocycles. The fourth-order valence-corrected chi connectivity index (χ4v) is 5.08. The van der Waals surface area contributed by atoms with E-state index in [1.807, 2.05) is 41.3 Å². The number of methoxy groups -OCH3 is 3. The molecule has 2 amide bonds. The molecule has 2 aliphatic rings. The van der Waals surface area contributed by atoms with E-state index in [9.17, 15) is 9.59 Å². The van der Waals surface area contributed by atoms with Crippen molar-refractivity contribution in [2.45, 2.75) is 25.8 Å². The van der Waals surface area contributed by atoms with Gasteiger partial charge in [0.2, 0.25) is 11.8 Å². The van der Waals surface area contributed by atoms with Crippen LogP contribution in [0.4, 0.5) is 5.88 Å². The number of rotatable bonds is 8. The predicted molar refractivity (Wildman–Crippen MR) is 144 cm³/mol. The monoisotopic (exact) mass is 519 g/mol. The molecule has 2 aliphatic heterocycles. The van der Waals surface area contributed by atoms with E-state index in [4.69, 9.17) is 18.6 Å². The van der Waals surface area contributed by atoms with Crippen molar-refractivity contribution in [3.63, 3.8) is 0 Å². The minimum atomic E-state index is -0.129. The number of hydrogen-bond acceptors (Lipinski definition) is 7. The molecule has 0 radical (unpaired) electrons. The number of hydrogen-bond donors (Lipinski definition) is 1. The predicted octanol–water partition coefficient (Wildman–Crippen LogP) is 4.00. The van der Waals surface area contributed by atoms with Crippen LogP contribution in [0.15, 0.2) is 52.5 Å². The van der Waals surface area contributed by atoms with Crippen LogP contribution in [0.3, 0.4) is 0 Å². The first-order valence-corrected chi connectivity index (χ1v) is 12.8. The van der Waals surface area contributed by atoms with Gasteiger partial charge in [-0.25, -0.2) is 0 Å². The van der Waals surface area contributed by atoms with E-state index < -0.39 is 0 Å². The number of fused-ring (bicyclic) bond motifs is 2. The van der Waals surface area contributed by atoms with Gasteiger partial charge in [0.05, 0.1) is 21.3 Å². The number of ether oxygens (including phenoxy) is 3. The largest absolute Gasteiger partial charge is 0.497 e. The maximum absolute atomic E-state index is 13.4. The highest BCUT2D eigenvalue weighted by atomic mass is 16.5. The summed E-state index contributed by atoms with van der Waals surface area (Å²) in [6, 6.07) is 11.3. The summed E-state index contributed by atoms with van der Waals surface area (Å²) in [5.41, 5.74) is 3.73. The van der Waals surface area contributed by atoms with Crippen molar-refractivity contribution in [2.75, 3.05) is 52.8 Å². The van der Waals surface area contributed by atoms with Crippen LogP contribution in [-0.2, 0) is 22.6 Å². The number of benzene rings is 2. The van der Waals surface area contributed by atoms with Crippen LogP contribution in [0.2, 0.25) is 0 Å². The van der Waals surface area contributed by atoms with E-state index in [0.717, 1.165) is 41.7 Å². The molecule has 3 aromatic rings. The van der Waals surface area contributed by atoms with Crippen molar-refractivity contribution in [3.8, 4) is 17.2 Å². The molecule has 3 heterocycles. The SMILES string of the molecule is COc1ccc2oc(NC(=O)CCN3CCC=C(C(=O)N4CCc5cc(OC)c(OC)cc5C4)C3)cc2c1. The van der Waals surface area contributed by atoms with Crippen LogP contribution in [-0.4, -0.2) is 69.1 Å². The van der Waals surface area contributed by atoms with Crippen molar-refractivity contribution >= 4 is 28.7 Å². The molecule has 0 aliphatic carbocycles. The number of nitrogens with zero attached hydrogens (tertiary/aromatic N) is 2. The van der Waals surface area contributed by atoms with E-state index in [-0.39, 0.29) is 11.8 Å². The molecule has 9 nitrogen and oxygen atoms in total. The molecule has 38 heavy (non-hydrogen) atoms. The minimum absolute atomic E-state index is 0.0530. The van der Waals surface area contributed by atoms with Crippen LogP contribution in [0.25, 0.3) is 11.0 Å². The van der Waals surface area contributed by atoms with Gasteiger partial charge in [-0.05, 0) is 54.3 Å². The number of furan rings is 1. The second-order valence-corrected chi connectivity index (χ2v) is 9.56. The molecule has 0 bridgehead atoms. The third kappa shape index (κ3) is 5.47. The highest BCUT2D eigenvalue weighted by Gasteiger charge is 2.27. The quantitative estimate of drug-likeness (QED) is 0.481. The lowest BCUT2D eigenvalue weighted by atomic mass is 9.97. The maximum atomic E-state index is 13.4. The molecule has 1 N–H and O–H groups in total. The van der Waals surface area contributed by atoms with Gasteiger partial charge in [-0.1, -0.05) is 6.08 Å². The molecule has 0 fully saturated rings. The molecule has 2 aromatic carbocycles. The van der Waals surface area contributed by atoms with Gasteiger partial charge in [0.1, 0.15) is 11.3 Å². The summed E-state index contributed by atoms with van der Waals surface area (Å²) < 4.78 is 21.8. The molecule has 0 saturated heterocycles. The van der Waals surface area contributed by atoms with Gasteiger partial charge in [0.15, 0.2) is 11.5 Å². The first kappa shape index (κ1) is 25.7. The molecule has 0 spiro atoms. The smallest absolute Gasteiger partial charge is 0.251 e. The van der Waals surface area contributed by atoms with Crippen LogP contribution in [0, 0.1) is 0 Å². The second kappa shape index (κ2) is 11.2. The Morgan fingerprint density at radius 1 is 0.947 bits per heavy atom. The van der Waals surface area contributed by atoms with Gasteiger partial charge in [0, 0.05) is 56.2 Å². The summed E-state index contributed by atoms with van der Waals surface area (Å²) in [6.07, 6.45) is 3.89. The first-order valence-electron chi connectivity index (χ1n) is 12.8. The van der Waals surface area contributed by atoms with E-state index in [0.29, 0.717) is 55.6 Å². The molecular weight excluding hydrogens is 486 g/mol. The van der Waals surface area contributed by atoms with E-state index >= 15 is 0 Å². The summed E-state index contributed by atoms with van der Waals surface area (Å²) in [5, 5.41) is 3.70. The average molecular weight is 520 g/mol. The van der Waals surface area contributed by atoms with Crippen molar-refractivity contribution in [1.29, 1.82) is 0 Å². The number of carbonyl (C=O) groups excluding carboxylic acids is 2. The van der Waals surface area contributed by atoms with Crippen LogP contribution >= 0.6 is 0 Å². The van der Waals surface area contributed by atoms with Crippen molar-refractivity contribution < 1.29 is 28.2 Å². The molecule has 9 heteroatoms. The van der Waals surface area contributed by atoms with Crippen LogP contribution in [0.1, 0.15) is 24.0 Å². The van der Waals surface area contributed by atoms with E-state index in [2.05, 4.69) is 10.2 Å².